The average molecular weight is 354 g/mol. The van der Waals surface area contributed by atoms with Crippen LogP contribution in [0.3, 0.4) is 0 Å². The van der Waals surface area contributed by atoms with Crippen LogP contribution in [0.15, 0.2) is 40.9 Å². The summed E-state index contributed by atoms with van der Waals surface area (Å²) in [6.45, 7) is 0.594. The smallest absolute Gasteiger partial charge is 0.161 e. The van der Waals surface area contributed by atoms with Crippen molar-refractivity contribution < 1.29 is 4.39 Å². The van der Waals surface area contributed by atoms with E-state index in [4.69, 9.17) is 16.9 Å². The Bertz CT molecular complexity index is 650. The summed E-state index contributed by atoms with van der Waals surface area (Å²) in [5, 5.41) is 12.5. The lowest BCUT2D eigenvalue weighted by Crippen LogP contribution is -2.07. The van der Waals surface area contributed by atoms with Crippen LogP contribution in [0.4, 0.5) is 10.1 Å². The summed E-state index contributed by atoms with van der Waals surface area (Å²) >= 11 is 8.90. The van der Waals surface area contributed by atoms with E-state index in [2.05, 4.69) is 21.2 Å². The van der Waals surface area contributed by atoms with Crippen LogP contribution in [-0.4, -0.2) is 6.54 Å². The number of hydrogen-bond donors (Lipinski definition) is 1. The first kappa shape index (κ1) is 14.8. The number of nitrogens with zero attached hydrogens (tertiary/aromatic N) is 1. The number of halogens is 3. The van der Waals surface area contributed by atoms with Crippen molar-refractivity contribution in [3.63, 3.8) is 0 Å². The standard InChI is InChI=1S/C15H11BrClFN2/c16-14-11(9-19)3-6-13(15(14)18)20-8-7-10-1-4-12(17)5-2-10/h1-6,20H,7-8H2. The van der Waals surface area contributed by atoms with E-state index in [-0.39, 0.29) is 10.0 Å². The molecule has 2 aromatic rings. The van der Waals surface area contributed by atoms with Gasteiger partial charge in [-0.2, -0.15) is 5.26 Å². The second-order valence-corrected chi connectivity index (χ2v) is 5.43. The maximum Gasteiger partial charge on any atom is 0.161 e. The molecule has 0 amide bonds. The van der Waals surface area contributed by atoms with Crippen LogP contribution in [0.5, 0.6) is 0 Å². The Labute approximate surface area is 130 Å². The number of anilines is 1. The molecule has 20 heavy (non-hydrogen) atoms. The SMILES string of the molecule is N#Cc1ccc(NCCc2ccc(Cl)cc2)c(F)c1Br. The zero-order chi connectivity index (χ0) is 14.5. The van der Waals surface area contributed by atoms with Crippen molar-refractivity contribution in [3.8, 4) is 6.07 Å². The highest BCUT2D eigenvalue weighted by Gasteiger charge is 2.10. The quantitative estimate of drug-likeness (QED) is 0.859. The van der Waals surface area contributed by atoms with Crippen molar-refractivity contribution in [1.29, 1.82) is 5.26 Å². The summed E-state index contributed by atoms with van der Waals surface area (Å²) in [7, 11) is 0. The van der Waals surface area contributed by atoms with Gasteiger partial charge >= 0.3 is 0 Å². The molecule has 0 heterocycles. The second kappa shape index (κ2) is 6.74. The summed E-state index contributed by atoms with van der Waals surface area (Å²) < 4.78 is 14.1. The lowest BCUT2D eigenvalue weighted by Gasteiger charge is -2.09. The van der Waals surface area contributed by atoms with Gasteiger partial charge in [0.15, 0.2) is 5.82 Å². The summed E-state index contributed by atoms with van der Waals surface area (Å²) in [6.07, 6.45) is 0.758. The summed E-state index contributed by atoms with van der Waals surface area (Å²) in [4.78, 5) is 0. The Morgan fingerprint density at radius 1 is 1.20 bits per heavy atom. The van der Waals surface area contributed by atoms with Crippen LogP contribution in [0.1, 0.15) is 11.1 Å². The normalized spacial score (nSPS) is 10.1. The van der Waals surface area contributed by atoms with Gasteiger partial charge in [-0.15, -0.1) is 0 Å². The molecule has 0 aliphatic heterocycles. The van der Waals surface area contributed by atoms with E-state index in [0.717, 1.165) is 12.0 Å². The van der Waals surface area contributed by atoms with Gasteiger partial charge in [-0.05, 0) is 52.2 Å². The predicted molar refractivity (Wildman–Crippen MR) is 82.5 cm³/mol. The Morgan fingerprint density at radius 2 is 1.90 bits per heavy atom. The molecular weight excluding hydrogens is 343 g/mol. The predicted octanol–water partition coefficient (Wildman–Crippen LogP) is 4.77. The van der Waals surface area contributed by atoms with Gasteiger partial charge in [0, 0.05) is 11.6 Å². The third-order valence-electron chi connectivity index (χ3n) is 2.85. The molecule has 0 aliphatic rings. The molecule has 0 saturated carbocycles. The van der Waals surface area contributed by atoms with Crippen LogP contribution in [0.25, 0.3) is 0 Å². The van der Waals surface area contributed by atoms with Gasteiger partial charge in [0.2, 0.25) is 0 Å². The van der Waals surface area contributed by atoms with Gasteiger partial charge in [0.25, 0.3) is 0 Å². The molecule has 0 radical (unpaired) electrons. The van der Waals surface area contributed by atoms with Gasteiger partial charge < -0.3 is 5.32 Å². The Balaban J connectivity index is 2.00. The molecule has 0 saturated heterocycles. The molecule has 5 heteroatoms. The molecule has 0 atom stereocenters. The molecule has 0 unspecified atom stereocenters. The third-order valence-corrected chi connectivity index (χ3v) is 3.87. The molecule has 0 spiro atoms. The number of nitrogens with one attached hydrogen (secondary N) is 1. The van der Waals surface area contributed by atoms with Gasteiger partial charge in [-0.3, -0.25) is 0 Å². The van der Waals surface area contributed by atoms with Gasteiger partial charge in [0.1, 0.15) is 6.07 Å². The van der Waals surface area contributed by atoms with Crippen LogP contribution in [0, 0.1) is 17.1 Å². The van der Waals surface area contributed by atoms with Crippen LogP contribution in [0.2, 0.25) is 5.02 Å². The van der Waals surface area contributed by atoms with Crippen LogP contribution >= 0.6 is 27.5 Å². The van der Waals surface area contributed by atoms with Crippen LogP contribution < -0.4 is 5.32 Å². The maximum absolute atomic E-state index is 13.9. The second-order valence-electron chi connectivity index (χ2n) is 4.20. The van der Waals surface area contributed by atoms with E-state index in [1.54, 1.807) is 12.1 Å². The molecule has 0 bridgehead atoms. The van der Waals surface area contributed by atoms with Crippen molar-refractivity contribution in [2.24, 2.45) is 0 Å². The summed E-state index contributed by atoms with van der Waals surface area (Å²) in [5.41, 5.74) is 1.78. The lowest BCUT2D eigenvalue weighted by atomic mass is 10.1. The van der Waals surface area contributed by atoms with Crippen molar-refractivity contribution in [2.75, 3.05) is 11.9 Å². The largest absolute Gasteiger partial charge is 0.382 e. The van der Waals surface area contributed by atoms with E-state index in [1.807, 2.05) is 30.3 Å². The zero-order valence-electron chi connectivity index (χ0n) is 10.5. The first-order chi connectivity index (χ1) is 9.61. The summed E-state index contributed by atoms with van der Waals surface area (Å²) in [5.74, 6) is -0.444. The highest BCUT2D eigenvalue weighted by molar-refractivity contribution is 9.10. The average Bonchev–Trinajstić information content (AvgIpc) is 2.46. The molecule has 0 aromatic heterocycles. The monoisotopic (exact) mass is 352 g/mol. The highest BCUT2D eigenvalue weighted by atomic mass is 79.9. The first-order valence-electron chi connectivity index (χ1n) is 5.98. The fourth-order valence-electron chi connectivity index (χ4n) is 1.76. The fourth-order valence-corrected chi connectivity index (χ4v) is 2.33. The fraction of sp³-hybridized carbons (Fsp3) is 0.133. The molecule has 0 aliphatic carbocycles. The minimum Gasteiger partial charge on any atom is -0.382 e. The van der Waals surface area contributed by atoms with Crippen LogP contribution in [-0.2, 0) is 6.42 Å². The van der Waals surface area contributed by atoms with Gasteiger partial charge in [-0.1, -0.05) is 23.7 Å². The van der Waals surface area contributed by atoms with E-state index >= 15 is 0 Å². The third kappa shape index (κ3) is 3.50. The molecule has 2 nitrogen and oxygen atoms in total. The number of hydrogen-bond acceptors (Lipinski definition) is 2. The Kier molecular flexibility index (Phi) is 4.99. The number of rotatable bonds is 4. The summed E-state index contributed by atoms with van der Waals surface area (Å²) in [6, 6.07) is 12.6. The number of nitriles is 1. The Hall–Kier alpha value is -1.57. The molecule has 2 rings (SSSR count). The molecular formula is C15H11BrClFN2. The maximum atomic E-state index is 13.9. The van der Waals surface area contributed by atoms with Crippen molar-refractivity contribution in [3.05, 3.63) is 62.8 Å². The minimum absolute atomic E-state index is 0.191. The zero-order valence-corrected chi connectivity index (χ0v) is 12.8. The van der Waals surface area contributed by atoms with Gasteiger partial charge in [0.05, 0.1) is 15.7 Å². The van der Waals surface area contributed by atoms with E-state index in [1.165, 1.54) is 0 Å². The first-order valence-corrected chi connectivity index (χ1v) is 7.15. The minimum atomic E-state index is -0.444. The molecule has 102 valence electrons. The van der Waals surface area contributed by atoms with Crippen molar-refractivity contribution >= 4 is 33.2 Å². The van der Waals surface area contributed by atoms with Gasteiger partial charge in [-0.25, -0.2) is 4.39 Å². The Morgan fingerprint density at radius 3 is 2.55 bits per heavy atom. The highest BCUT2D eigenvalue weighted by Crippen LogP contribution is 2.26. The molecule has 0 fully saturated rings. The molecule has 2 aromatic carbocycles. The topological polar surface area (TPSA) is 35.8 Å². The lowest BCUT2D eigenvalue weighted by molar-refractivity contribution is 0.623. The van der Waals surface area contributed by atoms with E-state index in [9.17, 15) is 4.39 Å². The van der Waals surface area contributed by atoms with Crippen molar-refractivity contribution in [2.45, 2.75) is 6.42 Å². The van der Waals surface area contributed by atoms with E-state index in [0.29, 0.717) is 17.3 Å². The van der Waals surface area contributed by atoms with E-state index < -0.39 is 5.82 Å². The van der Waals surface area contributed by atoms with Crippen molar-refractivity contribution in [1.82, 2.24) is 0 Å². The molecule has 1 N–H and O–H groups in total. The number of benzene rings is 2.